The molecule has 170 valence electrons. The van der Waals surface area contributed by atoms with Crippen LogP contribution in [0.1, 0.15) is 5.56 Å². The van der Waals surface area contributed by atoms with E-state index in [4.69, 9.17) is 14.2 Å². The van der Waals surface area contributed by atoms with Gasteiger partial charge >= 0.3 is 6.18 Å². The summed E-state index contributed by atoms with van der Waals surface area (Å²) >= 11 is 0. The Bertz CT molecular complexity index is 1170. The van der Waals surface area contributed by atoms with E-state index in [2.05, 4.69) is 5.10 Å². The van der Waals surface area contributed by atoms with E-state index in [9.17, 15) is 13.2 Å². The van der Waals surface area contributed by atoms with Crippen molar-refractivity contribution < 1.29 is 27.4 Å². The second-order valence-electron chi connectivity index (χ2n) is 7.18. The number of alkyl halides is 3. The standard InChI is InChI=1S/C25H21F3N2O3/c1-31-21-13-9-20(10-14-21)30-23(15-24(29-30)33-17-25(26,27)28)19-7-11-22(12-8-19)32-16-18-5-3-2-4-6-18/h2-15H,16-17H2,1H3. The second-order valence-corrected chi connectivity index (χ2v) is 7.18. The van der Waals surface area contributed by atoms with Gasteiger partial charge in [0.1, 0.15) is 18.1 Å². The molecule has 4 rings (SSSR count). The normalized spacial score (nSPS) is 11.3. The van der Waals surface area contributed by atoms with Crippen LogP contribution in [0.2, 0.25) is 0 Å². The maximum absolute atomic E-state index is 12.6. The molecular weight excluding hydrogens is 433 g/mol. The number of benzene rings is 3. The third-order valence-electron chi connectivity index (χ3n) is 4.79. The topological polar surface area (TPSA) is 45.5 Å². The minimum Gasteiger partial charge on any atom is -0.497 e. The van der Waals surface area contributed by atoms with Crippen molar-refractivity contribution in [2.45, 2.75) is 12.8 Å². The van der Waals surface area contributed by atoms with Gasteiger partial charge in [-0.05, 0) is 54.1 Å². The number of hydrogen-bond acceptors (Lipinski definition) is 4. The molecule has 33 heavy (non-hydrogen) atoms. The molecule has 0 fully saturated rings. The Labute approximate surface area is 189 Å². The number of nitrogens with zero attached hydrogens (tertiary/aromatic N) is 2. The minimum atomic E-state index is -4.46. The number of rotatable bonds is 8. The van der Waals surface area contributed by atoms with Gasteiger partial charge in [0.2, 0.25) is 5.88 Å². The monoisotopic (exact) mass is 454 g/mol. The average Bonchev–Trinajstić information content (AvgIpc) is 3.26. The Hall–Kier alpha value is -3.94. The molecule has 0 N–H and O–H groups in total. The van der Waals surface area contributed by atoms with Crippen molar-refractivity contribution in [1.29, 1.82) is 0 Å². The SMILES string of the molecule is COc1ccc(-n2nc(OCC(F)(F)F)cc2-c2ccc(OCc3ccccc3)cc2)cc1. The summed E-state index contributed by atoms with van der Waals surface area (Å²) in [5.74, 6) is 1.20. The van der Waals surface area contributed by atoms with E-state index in [1.807, 2.05) is 42.5 Å². The summed E-state index contributed by atoms with van der Waals surface area (Å²) in [4.78, 5) is 0. The Morgan fingerprint density at radius 1 is 0.818 bits per heavy atom. The van der Waals surface area contributed by atoms with Crippen LogP contribution in [-0.4, -0.2) is 29.7 Å². The predicted molar refractivity (Wildman–Crippen MR) is 118 cm³/mol. The number of hydrogen-bond donors (Lipinski definition) is 0. The van der Waals surface area contributed by atoms with Crippen LogP contribution in [-0.2, 0) is 6.61 Å². The predicted octanol–water partition coefficient (Wildman–Crippen LogP) is 6.07. The van der Waals surface area contributed by atoms with Gasteiger partial charge in [-0.15, -0.1) is 5.10 Å². The van der Waals surface area contributed by atoms with Gasteiger partial charge in [0.05, 0.1) is 18.5 Å². The molecule has 3 aromatic carbocycles. The lowest BCUT2D eigenvalue weighted by Crippen LogP contribution is -2.19. The first-order valence-electron chi connectivity index (χ1n) is 10.1. The molecule has 0 aliphatic carbocycles. The smallest absolute Gasteiger partial charge is 0.422 e. The van der Waals surface area contributed by atoms with Crippen molar-refractivity contribution in [3.63, 3.8) is 0 Å². The van der Waals surface area contributed by atoms with Crippen LogP contribution in [0.4, 0.5) is 13.2 Å². The van der Waals surface area contributed by atoms with Gasteiger partial charge < -0.3 is 14.2 Å². The fourth-order valence-electron chi connectivity index (χ4n) is 3.17. The summed E-state index contributed by atoms with van der Waals surface area (Å²) in [6.45, 7) is -0.988. The molecule has 1 aromatic heterocycles. The van der Waals surface area contributed by atoms with Gasteiger partial charge in [0.25, 0.3) is 0 Å². The van der Waals surface area contributed by atoms with Crippen molar-refractivity contribution in [1.82, 2.24) is 9.78 Å². The largest absolute Gasteiger partial charge is 0.497 e. The summed E-state index contributed by atoms with van der Waals surface area (Å²) in [5.41, 5.74) is 3.02. The lowest BCUT2D eigenvalue weighted by atomic mass is 10.1. The molecule has 8 heteroatoms. The van der Waals surface area contributed by atoms with Gasteiger partial charge in [-0.2, -0.15) is 13.2 Å². The fraction of sp³-hybridized carbons (Fsp3) is 0.160. The number of aromatic nitrogens is 2. The van der Waals surface area contributed by atoms with E-state index in [-0.39, 0.29) is 5.88 Å². The fourth-order valence-corrected chi connectivity index (χ4v) is 3.17. The number of halogens is 3. The Morgan fingerprint density at radius 2 is 1.48 bits per heavy atom. The van der Waals surface area contributed by atoms with Crippen LogP contribution < -0.4 is 14.2 Å². The van der Waals surface area contributed by atoms with Crippen LogP contribution in [0.5, 0.6) is 17.4 Å². The third-order valence-corrected chi connectivity index (χ3v) is 4.79. The maximum Gasteiger partial charge on any atom is 0.422 e. The molecule has 0 amide bonds. The van der Waals surface area contributed by atoms with Crippen molar-refractivity contribution in [2.75, 3.05) is 13.7 Å². The highest BCUT2D eigenvalue weighted by atomic mass is 19.4. The Morgan fingerprint density at radius 3 is 2.12 bits per heavy atom. The molecule has 0 spiro atoms. The Balaban J connectivity index is 1.59. The summed E-state index contributed by atoms with van der Waals surface area (Å²) < 4.78 is 55.3. The van der Waals surface area contributed by atoms with Crippen molar-refractivity contribution in [3.05, 3.63) is 90.5 Å². The van der Waals surface area contributed by atoms with Crippen LogP contribution in [0, 0.1) is 0 Å². The molecule has 0 saturated heterocycles. The van der Waals surface area contributed by atoms with Crippen LogP contribution in [0.3, 0.4) is 0 Å². The Kier molecular flexibility index (Phi) is 6.53. The maximum atomic E-state index is 12.6. The summed E-state index contributed by atoms with van der Waals surface area (Å²) in [6.07, 6.45) is -4.46. The second kappa shape index (κ2) is 9.68. The molecule has 0 aliphatic heterocycles. The van der Waals surface area contributed by atoms with Crippen LogP contribution >= 0.6 is 0 Å². The van der Waals surface area contributed by atoms with E-state index in [0.29, 0.717) is 29.5 Å². The van der Waals surface area contributed by atoms with E-state index in [1.54, 1.807) is 43.5 Å². The van der Waals surface area contributed by atoms with E-state index < -0.39 is 12.8 Å². The van der Waals surface area contributed by atoms with Gasteiger partial charge in [-0.3, -0.25) is 0 Å². The highest BCUT2D eigenvalue weighted by Crippen LogP contribution is 2.30. The lowest BCUT2D eigenvalue weighted by Gasteiger charge is -2.10. The van der Waals surface area contributed by atoms with Gasteiger partial charge in [0, 0.05) is 11.6 Å². The zero-order valence-corrected chi connectivity index (χ0v) is 17.8. The number of methoxy groups -OCH3 is 1. The first kappa shape index (κ1) is 22.3. The van der Waals surface area contributed by atoms with Gasteiger partial charge in [-0.1, -0.05) is 30.3 Å². The zero-order chi connectivity index (χ0) is 23.3. The minimum absolute atomic E-state index is 0.123. The third kappa shape index (κ3) is 5.85. The molecule has 0 radical (unpaired) electrons. The molecule has 0 saturated carbocycles. The first-order valence-corrected chi connectivity index (χ1v) is 10.1. The van der Waals surface area contributed by atoms with E-state index in [0.717, 1.165) is 11.1 Å². The lowest BCUT2D eigenvalue weighted by molar-refractivity contribution is -0.154. The molecule has 0 bridgehead atoms. The van der Waals surface area contributed by atoms with Crippen molar-refractivity contribution in [2.24, 2.45) is 0 Å². The van der Waals surface area contributed by atoms with Crippen molar-refractivity contribution in [3.8, 4) is 34.3 Å². The quantitative estimate of drug-likeness (QED) is 0.324. The molecule has 0 atom stereocenters. The highest BCUT2D eigenvalue weighted by Gasteiger charge is 2.29. The molecule has 5 nitrogen and oxygen atoms in total. The van der Waals surface area contributed by atoms with Gasteiger partial charge in [-0.25, -0.2) is 4.68 Å². The highest BCUT2D eigenvalue weighted by molar-refractivity contribution is 5.64. The summed E-state index contributed by atoms with van der Waals surface area (Å²) in [7, 11) is 1.55. The summed E-state index contributed by atoms with van der Waals surface area (Å²) in [5, 5.41) is 4.24. The van der Waals surface area contributed by atoms with Gasteiger partial charge in [0.15, 0.2) is 6.61 Å². The molecule has 0 aliphatic rings. The number of ether oxygens (including phenoxy) is 3. The van der Waals surface area contributed by atoms with Crippen LogP contribution in [0.25, 0.3) is 16.9 Å². The molecular formula is C25H21F3N2O3. The zero-order valence-electron chi connectivity index (χ0n) is 17.8. The molecule has 4 aromatic rings. The van der Waals surface area contributed by atoms with Crippen molar-refractivity contribution >= 4 is 0 Å². The molecule has 0 unspecified atom stereocenters. The average molecular weight is 454 g/mol. The first-order chi connectivity index (χ1) is 15.9. The molecule has 1 heterocycles. The van der Waals surface area contributed by atoms with E-state index in [1.165, 1.54) is 10.7 Å². The van der Waals surface area contributed by atoms with E-state index >= 15 is 0 Å². The van der Waals surface area contributed by atoms with Crippen LogP contribution in [0.15, 0.2) is 84.9 Å². The summed E-state index contributed by atoms with van der Waals surface area (Å²) in [6, 6.07) is 25.5.